The first kappa shape index (κ1) is 22.1. The fraction of sp³-hybridized carbons (Fsp3) is 0.273. The maximum absolute atomic E-state index is 13.5. The van der Waals surface area contributed by atoms with Crippen molar-refractivity contribution in [3.8, 4) is 0 Å². The molecule has 30 heavy (non-hydrogen) atoms. The van der Waals surface area contributed by atoms with Crippen LogP contribution < -0.4 is 4.90 Å². The van der Waals surface area contributed by atoms with Crippen molar-refractivity contribution >= 4 is 56.0 Å². The molecule has 156 valence electrons. The number of likely N-dealkylation sites (N-methyl/N-ethyl adjacent to an activating group) is 1. The standard InChI is InChI=1S/C22H23N5OS.ClH/c1-14-5-8-19-20(15(14)2)25-22(29-19)27(12-11-26(3)4)21(28)16-6-7-17-18(13-16)24-10-9-23-17;/h5-10,13H,11-12H2,1-4H3;1H. The van der Waals surface area contributed by atoms with Crippen molar-refractivity contribution < 1.29 is 4.79 Å². The lowest BCUT2D eigenvalue weighted by atomic mass is 10.1. The van der Waals surface area contributed by atoms with Gasteiger partial charge in [-0.15, -0.1) is 12.4 Å². The molecule has 0 fully saturated rings. The van der Waals surface area contributed by atoms with Gasteiger partial charge in [-0.25, -0.2) is 4.98 Å². The molecule has 2 aromatic carbocycles. The largest absolute Gasteiger partial charge is 0.308 e. The molecule has 0 bridgehead atoms. The van der Waals surface area contributed by atoms with Crippen molar-refractivity contribution in [3.05, 3.63) is 59.4 Å². The molecular formula is C22H24ClN5OS. The number of benzene rings is 2. The minimum absolute atomic E-state index is 0. The van der Waals surface area contributed by atoms with Crippen molar-refractivity contribution in [2.24, 2.45) is 0 Å². The Kier molecular flexibility index (Phi) is 6.65. The molecule has 6 nitrogen and oxygen atoms in total. The predicted octanol–water partition coefficient (Wildman–Crippen LogP) is 4.49. The quantitative estimate of drug-likeness (QED) is 0.456. The van der Waals surface area contributed by atoms with E-state index in [4.69, 9.17) is 4.98 Å². The second kappa shape index (κ2) is 9.04. The summed E-state index contributed by atoms with van der Waals surface area (Å²) in [7, 11) is 4.00. The van der Waals surface area contributed by atoms with Gasteiger partial charge in [-0.05, 0) is 63.3 Å². The monoisotopic (exact) mass is 441 g/mol. The molecule has 0 unspecified atom stereocenters. The number of carbonyl (C=O) groups is 1. The number of halogens is 1. The predicted molar refractivity (Wildman–Crippen MR) is 126 cm³/mol. The molecule has 0 N–H and O–H groups in total. The molecule has 0 aliphatic heterocycles. The van der Waals surface area contributed by atoms with Gasteiger partial charge in [0.2, 0.25) is 0 Å². The lowest BCUT2D eigenvalue weighted by molar-refractivity contribution is 0.0985. The molecular weight excluding hydrogens is 418 g/mol. The highest BCUT2D eigenvalue weighted by Crippen LogP contribution is 2.32. The van der Waals surface area contributed by atoms with Gasteiger partial charge in [-0.1, -0.05) is 17.4 Å². The number of rotatable bonds is 5. The number of anilines is 1. The summed E-state index contributed by atoms with van der Waals surface area (Å²) in [6.45, 7) is 5.46. The van der Waals surface area contributed by atoms with E-state index in [2.05, 4.69) is 40.8 Å². The first-order valence-electron chi connectivity index (χ1n) is 9.48. The second-order valence-corrected chi connectivity index (χ2v) is 8.38. The van der Waals surface area contributed by atoms with Gasteiger partial charge in [-0.2, -0.15) is 0 Å². The molecule has 0 radical (unpaired) electrons. The molecule has 4 aromatic rings. The summed E-state index contributed by atoms with van der Waals surface area (Å²) in [6, 6.07) is 9.64. The topological polar surface area (TPSA) is 62.2 Å². The van der Waals surface area contributed by atoms with Crippen molar-refractivity contribution in [1.29, 1.82) is 0 Å². The smallest absolute Gasteiger partial charge is 0.260 e. The zero-order valence-electron chi connectivity index (χ0n) is 17.4. The first-order chi connectivity index (χ1) is 13.9. The van der Waals surface area contributed by atoms with Gasteiger partial charge in [0.1, 0.15) is 0 Å². The number of hydrogen-bond acceptors (Lipinski definition) is 6. The Morgan fingerprint density at radius 2 is 1.73 bits per heavy atom. The molecule has 0 spiro atoms. The molecule has 8 heteroatoms. The lowest BCUT2D eigenvalue weighted by Gasteiger charge is -2.22. The zero-order chi connectivity index (χ0) is 20.5. The second-order valence-electron chi connectivity index (χ2n) is 7.37. The van der Waals surface area contributed by atoms with E-state index in [1.54, 1.807) is 34.7 Å². The van der Waals surface area contributed by atoms with Crippen molar-refractivity contribution in [3.63, 3.8) is 0 Å². The van der Waals surface area contributed by atoms with Crippen LogP contribution in [0.2, 0.25) is 0 Å². The fourth-order valence-corrected chi connectivity index (χ4v) is 4.22. The van der Waals surface area contributed by atoms with E-state index in [9.17, 15) is 4.79 Å². The number of fused-ring (bicyclic) bond motifs is 2. The SMILES string of the molecule is Cc1ccc2sc(N(CCN(C)C)C(=O)c3ccc4nccnc4c3)nc2c1C.Cl. The number of aryl methyl sites for hydroxylation is 2. The van der Waals surface area contributed by atoms with Crippen LogP contribution in [0.25, 0.3) is 21.3 Å². The highest BCUT2D eigenvalue weighted by molar-refractivity contribution is 7.22. The Balaban J connectivity index is 0.00000256. The fourth-order valence-electron chi connectivity index (χ4n) is 3.17. The van der Waals surface area contributed by atoms with Crippen LogP contribution in [0.4, 0.5) is 5.13 Å². The first-order valence-corrected chi connectivity index (χ1v) is 10.3. The number of hydrogen-bond donors (Lipinski definition) is 0. The van der Waals surface area contributed by atoms with E-state index in [0.717, 1.165) is 33.0 Å². The van der Waals surface area contributed by atoms with E-state index >= 15 is 0 Å². The van der Waals surface area contributed by atoms with Gasteiger partial charge in [0.25, 0.3) is 5.91 Å². The number of nitrogens with zero attached hydrogens (tertiary/aromatic N) is 5. The number of carbonyl (C=O) groups excluding carboxylic acids is 1. The summed E-state index contributed by atoms with van der Waals surface area (Å²) in [5.41, 5.74) is 5.40. The summed E-state index contributed by atoms with van der Waals surface area (Å²) in [5.74, 6) is -0.0761. The molecule has 0 aliphatic carbocycles. The summed E-state index contributed by atoms with van der Waals surface area (Å²) < 4.78 is 1.09. The van der Waals surface area contributed by atoms with E-state index in [-0.39, 0.29) is 18.3 Å². The average molecular weight is 442 g/mol. The van der Waals surface area contributed by atoms with Crippen LogP contribution in [0, 0.1) is 13.8 Å². The third-order valence-corrected chi connectivity index (χ3v) is 6.08. The number of amides is 1. The van der Waals surface area contributed by atoms with Crippen molar-refractivity contribution in [1.82, 2.24) is 19.9 Å². The third kappa shape index (κ3) is 4.28. The van der Waals surface area contributed by atoms with Crippen molar-refractivity contribution in [2.45, 2.75) is 13.8 Å². The molecule has 0 aliphatic rings. The van der Waals surface area contributed by atoms with Gasteiger partial charge in [-0.3, -0.25) is 19.7 Å². The third-order valence-electron chi connectivity index (χ3n) is 5.04. The van der Waals surface area contributed by atoms with Gasteiger partial charge in [0, 0.05) is 31.0 Å². The Labute approximate surface area is 186 Å². The highest BCUT2D eigenvalue weighted by Gasteiger charge is 2.22. The molecule has 0 saturated heterocycles. The Bertz CT molecular complexity index is 1210. The lowest BCUT2D eigenvalue weighted by Crippen LogP contribution is -2.36. The zero-order valence-corrected chi connectivity index (χ0v) is 19.0. The molecule has 0 saturated carbocycles. The van der Waals surface area contributed by atoms with Gasteiger partial charge < -0.3 is 4.90 Å². The van der Waals surface area contributed by atoms with E-state index < -0.39 is 0 Å². The Morgan fingerprint density at radius 1 is 1.00 bits per heavy atom. The van der Waals surface area contributed by atoms with Gasteiger partial charge >= 0.3 is 0 Å². The Morgan fingerprint density at radius 3 is 2.47 bits per heavy atom. The molecule has 2 heterocycles. The van der Waals surface area contributed by atoms with Crippen LogP contribution in [0.5, 0.6) is 0 Å². The Hall–Kier alpha value is -2.61. The summed E-state index contributed by atoms with van der Waals surface area (Å²) in [4.78, 5) is 30.8. The minimum Gasteiger partial charge on any atom is -0.308 e. The molecule has 0 atom stereocenters. The summed E-state index contributed by atoms with van der Waals surface area (Å²) >= 11 is 1.55. The maximum Gasteiger partial charge on any atom is 0.260 e. The van der Waals surface area contributed by atoms with Crippen LogP contribution in [-0.4, -0.2) is 52.9 Å². The molecule has 2 aromatic heterocycles. The van der Waals surface area contributed by atoms with Gasteiger partial charge in [0.05, 0.1) is 21.3 Å². The molecule has 1 amide bonds. The minimum atomic E-state index is -0.0761. The van der Waals surface area contributed by atoms with E-state index in [1.165, 1.54) is 5.56 Å². The molecule has 4 rings (SSSR count). The van der Waals surface area contributed by atoms with Crippen LogP contribution in [-0.2, 0) is 0 Å². The van der Waals surface area contributed by atoms with E-state index in [1.807, 2.05) is 26.2 Å². The number of aromatic nitrogens is 3. The average Bonchev–Trinajstić information content (AvgIpc) is 3.15. The summed E-state index contributed by atoms with van der Waals surface area (Å²) in [5, 5.41) is 0.722. The number of thiazole rings is 1. The van der Waals surface area contributed by atoms with Gasteiger partial charge in [0.15, 0.2) is 5.13 Å². The van der Waals surface area contributed by atoms with Crippen LogP contribution in [0.1, 0.15) is 21.5 Å². The summed E-state index contributed by atoms with van der Waals surface area (Å²) in [6.07, 6.45) is 3.29. The normalized spacial score (nSPS) is 11.1. The van der Waals surface area contributed by atoms with E-state index in [0.29, 0.717) is 17.6 Å². The maximum atomic E-state index is 13.5. The van der Waals surface area contributed by atoms with Crippen molar-refractivity contribution in [2.75, 3.05) is 32.1 Å². The van der Waals surface area contributed by atoms with Crippen LogP contribution in [0.15, 0.2) is 42.7 Å². The van der Waals surface area contributed by atoms with Crippen LogP contribution in [0.3, 0.4) is 0 Å². The highest BCUT2D eigenvalue weighted by atomic mass is 35.5. The van der Waals surface area contributed by atoms with Crippen LogP contribution >= 0.6 is 23.7 Å².